The van der Waals surface area contributed by atoms with Crippen LogP contribution in [0.3, 0.4) is 0 Å². The van der Waals surface area contributed by atoms with E-state index in [2.05, 4.69) is 24.3 Å². The molecule has 1 fully saturated rings. The number of hydrogen-bond acceptors (Lipinski definition) is 1. The largest absolute Gasteiger partial charge is 0.378 e. The molecule has 0 amide bonds. The maximum Gasteiger partial charge on any atom is 0.0581 e. The van der Waals surface area contributed by atoms with Gasteiger partial charge in [0, 0.05) is 12.5 Å². The predicted octanol–water partition coefficient (Wildman–Crippen LogP) is 3.15. The summed E-state index contributed by atoms with van der Waals surface area (Å²) in [7, 11) is 0. The van der Waals surface area contributed by atoms with Gasteiger partial charge >= 0.3 is 0 Å². The molecule has 0 N–H and O–H groups in total. The monoisotopic (exact) mass is 212 g/mol. The third-order valence-corrected chi connectivity index (χ3v) is 3.47. The maximum atomic E-state index is 5.93. The molecule has 0 bridgehead atoms. The summed E-state index contributed by atoms with van der Waals surface area (Å²) in [4.78, 5) is 0. The van der Waals surface area contributed by atoms with Crippen LogP contribution in [0.4, 0.5) is 0 Å². The molecule has 2 aliphatic rings. The minimum absolute atomic E-state index is 0.474. The van der Waals surface area contributed by atoms with E-state index >= 15 is 0 Å². The SMILES string of the molecule is ClCC1C=CC=C[C@@H]1CC1CCCO1. The number of allylic oxidation sites excluding steroid dienone is 4. The molecule has 0 aromatic carbocycles. The Morgan fingerprint density at radius 2 is 2.00 bits per heavy atom. The van der Waals surface area contributed by atoms with Crippen molar-refractivity contribution in [2.24, 2.45) is 11.8 Å². The van der Waals surface area contributed by atoms with Crippen LogP contribution in [0.25, 0.3) is 0 Å². The van der Waals surface area contributed by atoms with E-state index in [0.717, 1.165) is 18.9 Å². The summed E-state index contributed by atoms with van der Waals surface area (Å²) in [6.07, 6.45) is 12.8. The van der Waals surface area contributed by atoms with Gasteiger partial charge in [-0.2, -0.15) is 0 Å². The molecule has 2 rings (SSSR count). The predicted molar refractivity (Wildman–Crippen MR) is 59.6 cm³/mol. The first-order valence-corrected chi connectivity index (χ1v) is 5.96. The zero-order chi connectivity index (χ0) is 9.80. The van der Waals surface area contributed by atoms with Crippen LogP contribution >= 0.6 is 11.6 Å². The third-order valence-electron chi connectivity index (χ3n) is 3.11. The number of hydrogen-bond donors (Lipinski definition) is 0. The highest BCUT2D eigenvalue weighted by Crippen LogP contribution is 2.29. The van der Waals surface area contributed by atoms with E-state index in [-0.39, 0.29) is 0 Å². The van der Waals surface area contributed by atoms with E-state index in [1.165, 1.54) is 12.8 Å². The average Bonchev–Trinajstić information content (AvgIpc) is 2.71. The highest BCUT2D eigenvalue weighted by atomic mass is 35.5. The van der Waals surface area contributed by atoms with Crippen LogP contribution in [0.2, 0.25) is 0 Å². The first kappa shape index (κ1) is 10.3. The van der Waals surface area contributed by atoms with Gasteiger partial charge in [-0.1, -0.05) is 24.3 Å². The Labute approximate surface area is 90.8 Å². The Kier molecular flexibility index (Phi) is 3.66. The van der Waals surface area contributed by atoms with Gasteiger partial charge in [-0.05, 0) is 31.1 Å². The van der Waals surface area contributed by atoms with Gasteiger partial charge in [0.15, 0.2) is 0 Å². The highest BCUT2D eigenvalue weighted by Gasteiger charge is 2.24. The highest BCUT2D eigenvalue weighted by molar-refractivity contribution is 6.18. The van der Waals surface area contributed by atoms with Crippen molar-refractivity contribution in [3.05, 3.63) is 24.3 Å². The molecule has 0 saturated carbocycles. The normalized spacial score (nSPS) is 36.5. The molecule has 0 spiro atoms. The lowest BCUT2D eigenvalue weighted by Gasteiger charge is -2.24. The van der Waals surface area contributed by atoms with Gasteiger partial charge in [-0.15, -0.1) is 11.6 Å². The molecule has 0 aromatic rings. The van der Waals surface area contributed by atoms with Gasteiger partial charge in [-0.3, -0.25) is 0 Å². The van der Waals surface area contributed by atoms with Crippen molar-refractivity contribution < 1.29 is 4.74 Å². The molecule has 0 radical (unpaired) electrons. The van der Waals surface area contributed by atoms with Gasteiger partial charge < -0.3 is 4.74 Å². The Morgan fingerprint density at radius 1 is 1.21 bits per heavy atom. The van der Waals surface area contributed by atoms with Crippen LogP contribution in [0.5, 0.6) is 0 Å². The van der Waals surface area contributed by atoms with Crippen molar-refractivity contribution in [3.63, 3.8) is 0 Å². The van der Waals surface area contributed by atoms with Gasteiger partial charge in [0.05, 0.1) is 6.10 Å². The Hall–Kier alpha value is -0.270. The Bertz CT molecular complexity index is 228. The molecule has 1 aliphatic carbocycles. The van der Waals surface area contributed by atoms with Crippen LogP contribution in [-0.2, 0) is 4.74 Å². The van der Waals surface area contributed by atoms with Gasteiger partial charge in [0.1, 0.15) is 0 Å². The first-order valence-electron chi connectivity index (χ1n) is 5.42. The van der Waals surface area contributed by atoms with E-state index < -0.39 is 0 Å². The minimum atomic E-state index is 0.474. The van der Waals surface area contributed by atoms with Gasteiger partial charge in [0.2, 0.25) is 0 Å². The first-order chi connectivity index (χ1) is 6.90. The lowest BCUT2D eigenvalue weighted by Crippen LogP contribution is -2.20. The molecule has 1 nitrogen and oxygen atoms in total. The summed E-state index contributed by atoms with van der Waals surface area (Å²) in [6.45, 7) is 0.947. The molecule has 2 heteroatoms. The fraction of sp³-hybridized carbons (Fsp3) is 0.667. The maximum absolute atomic E-state index is 5.93. The molecule has 2 unspecified atom stereocenters. The lowest BCUT2D eigenvalue weighted by molar-refractivity contribution is 0.0910. The standard InChI is InChI=1S/C12H17ClO/c13-9-11-5-2-1-4-10(11)8-12-6-3-7-14-12/h1-2,4-5,10-12H,3,6-9H2/t10-,11?,12?/m1/s1. The average molecular weight is 213 g/mol. The molecule has 1 aliphatic heterocycles. The zero-order valence-corrected chi connectivity index (χ0v) is 9.12. The molecular formula is C12H17ClO. The summed E-state index contributed by atoms with van der Waals surface area (Å²) in [5.41, 5.74) is 0. The van der Waals surface area contributed by atoms with Crippen molar-refractivity contribution in [2.75, 3.05) is 12.5 Å². The number of halogens is 1. The van der Waals surface area contributed by atoms with Crippen LogP contribution < -0.4 is 0 Å². The second kappa shape index (κ2) is 4.99. The summed E-state index contributed by atoms with van der Waals surface area (Å²) >= 11 is 5.93. The van der Waals surface area contributed by atoms with Crippen LogP contribution in [0.1, 0.15) is 19.3 Å². The molecule has 1 heterocycles. The summed E-state index contributed by atoms with van der Waals surface area (Å²) < 4.78 is 5.65. The second-order valence-electron chi connectivity index (χ2n) is 4.12. The van der Waals surface area contributed by atoms with Gasteiger partial charge in [0.25, 0.3) is 0 Å². The lowest BCUT2D eigenvalue weighted by atomic mass is 9.85. The third kappa shape index (κ3) is 2.40. The smallest absolute Gasteiger partial charge is 0.0581 e. The fourth-order valence-corrected chi connectivity index (χ4v) is 2.58. The van der Waals surface area contributed by atoms with Crippen molar-refractivity contribution in [1.29, 1.82) is 0 Å². The molecule has 3 atom stereocenters. The zero-order valence-electron chi connectivity index (χ0n) is 8.36. The summed E-state index contributed by atoms with van der Waals surface area (Å²) in [5, 5.41) is 0. The molecular weight excluding hydrogens is 196 g/mol. The molecule has 78 valence electrons. The quantitative estimate of drug-likeness (QED) is 0.654. The van der Waals surface area contributed by atoms with Gasteiger partial charge in [-0.25, -0.2) is 0 Å². The summed E-state index contributed by atoms with van der Waals surface area (Å²) in [5.74, 6) is 1.81. The number of rotatable bonds is 3. The van der Waals surface area contributed by atoms with Crippen molar-refractivity contribution in [2.45, 2.75) is 25.4 Å². The Morgan fingerprint density at radius 3 is 2.64 bits per heavy atom. The van der Waals surface area contributed by atoms with E-state index in [1.807, 2.05) is 0 Å². The van der Waals surface area contributed by atoms with Crippen molar-refractivity contribution >= 4 is 11.6 Å². The number of alkyl halides is 1. The molecule has 14 heavy (non-hydrogen) atoms. The summed E-state index contributed by atoms with van der Waals surface area (Å²) in [6, 6.07) is 0. The fourth-order valence-electron chi connectivity index (χ4n) is 2.25. The van der Waals surface area contributed by atoms with Crippen molar-refractivity contribution in [1.82, 2.24) is 0 Å². The van der Waals surface area contributed by atoms with Crippen LogP contribution in [0, 0.1) is 11.8 Å². The van der Waals surface area contributed by atoms with Crippen LogP contribution in [-0.4, -0.2) is 18.6 Å². The minimum Gasteiger partial charge on any atom is -0.378 e. The number of ether oxygens (including phenoxy) is 1. The molecule has 1 saturated heterocycles. The molecule has 0 aromatic heterocycles. The van der Waals surface area contributed by atoms with Crippen molar-refractivity contribution in [3.8, 4) is 0 Å². The van der Waals surface area contributed by atoms with E-state index in [1.54, 1.807) is 0 Å². The van der Waals surface area contributed by atoms with E-state index in [4.69, 9.17) is 16.3 Å². The van der Waals surface area contributed by atoms with E-state index in [9.17, 15) is 0 Å². The Balaban J connectivity index is 1.88. The second-order valence-corrected chi connectivity index (χ2v) is 4.43. The van der Waals surface area contributed by atoms with E-state index in [0.29, 0.717) is 17.9 Å². The topological polar surface area (TPSA) is 9.23 Å². The van der Waals surface area contributed by atoms with Crippen LogP contribution in [0.15, 0.2) is 24.3 Å².